The summed E-state index contributed by atoms with van der Waals surface area (Å²) in [5, 5.41) is 9.20. The van der Waals surface area contributed by atoms with Crippen LogP contribution in [0.3, 0.4) is 0 Å². The third kappa shape index (κ3) is 4.21. The number of nitrogens with two attached hydrogens (primary N) is 1. The van der Waals surface area contributed by atoms with Crippen molar-refractivity contribution in [2.24, 2.45) is 5.73 Å². The van der Waals surface area contributed by atoms with Gasteiger partial charge in [0.2, 0.25) is 0 Å². The van der Waals surface area contributed by atoms with E-state index in [-0.39, 0.29) is 0 Å². The van der Waals surface area contributed by atoms with Crippen molar-refractivity contribution in [3.05, 3.63) is 95.7 Å². The zero-order valence-electron chi connectivity index (χ0n) is 18.8. The van der Waals surface area contributed by atoms with E-state index in [0.717, 1.165) is 50.5 Å². The summed E-state index contributed by atoms with van der Waals surface area (Å²) in [5.41, 5.74) is 13.8. The van der Waals surface area contributed by atoms with Gasteiger partial charge in [0.1, 0.15) is 11.6 Å². The maximum atomic E-state index is 6.04. The molecule has 5 aromatic rings. The minimum Gasteiger partial charge on any atom is -0.497 e. The van der Waals surface area contributed by atoms with Crippen LogP contribution in [0.2, 0.25) is 0 Å². The molecule has 0 saturated carbocycles. The maximum absolute atomic E-state index is 6.04. The lowest BCUT2D eigenvalue weighted by molar-refractivity contribution is 0.414. The molecule has 6 nitrogen and oxygen atoms in total. The highest BCUT2D eigenvalue weighted by Gasteiger charge is 2.13. The molecular formula is C27H27N5O. The van der Waals surface area contributed by atoms with Crippen molar-refractivity contribution < 1.29 is 4.74 Å². The predicted octanol–water partition coefficient (Wildman–Crippen LogP) is 5.60. The van der Waals surface area contributed by atoms with Gasteiger partial charge in [0.05, 0.1) is 25.4 Å². The molecule has 4 N–H and O–H groups in total. The Morgan fingerprint density at radius 3 is 2.52 bits per heavy atom. The Kier molecular flexibility index (Phi) is 5.59. The molecule has 0 radical (unpaired) electrons. The zero-order valence-corrected chi connectivity index (χ0v) is 18.8. The molecule has 5 rings (SSSR count). The summed E-state index contributed by atoms with van der Waals surface area (Å²) in [6.45, 7) is 3.23. The second-order valence-electron chi connectivity index (χ2n) is 8.16. The van der Waals surface area contributed by atoms with Crippen molar-refractivity contribution in [1.29, 1.82) is 0 Å². The van der Waals surface area contributed by atoms with Gasteiger partial charge in [-0.15, -0.1) is 0 Å². The van der Waals surface area contributed by atoms with Crippen LogP contribution in [0.1, 0.15) is 16.7 Å². The Morgan fingerprint density at radius 2 is 1.79 bits per heavy atom. The van der Waals surface area contributed by atoms with E-state index in [0.29, 0.717) is 13.1 Å². The van der Waals surface area contributed by atoms with Crippen LogP contribution in [0, 0.1) is 6.92 Å². The van der Waals surface area contributed by atoms with Gasteiger partial charge in [-0.2, -0.15) is 5.10 Å². The highest BCUT2D eigenvalue weighted by atomic mass is 16.5. The molecule has 33 heavy (non-hydrogen) atoms. The average molecular weight is 438 g/mol. The number of H-pyrrole nitrogens is 1. The number of nitrogens with zero attached hydrogens (tertiary/aromatic N) is 2. The van der Waals surface area contributed by atoms with Gasteiger partial charge >= 0.3 is 0 Å². The molecule has 3 aromatic carbocycles. The number of hydrogen-bond donors (Lipinski definition) is 3. The Labute approximate surface area is 193 Å². The minimum atomic E-state index is 0.472. The van der Waals surface area contributed by atoms with Crippen molar-refractivity contribution >= 4 is 22.4 Å². The molecule has 166 valence electrons. The van der Waals surface area contributed by atoms with Crippen LogP contribution < -0.4 is 15.8 Å². The maximum Gasteiger partial charge on any atom is 0.129 e. The molecule has 0 unspecified atom stereocenters. The Hall–Kier alpha value is -4.03. The fraction of sp³-hybridized carbons (Fsp3) is 0.148. The van der Waals surface area contributed by atoms with Crippen molar-refractivity contribution in [1.82, 2.24) is 14.8 Å². The molecule has 6 heteroatoms. The van der Waals surface area contributed by atoms with E-state index in [1.165, 1.54) is 5.56 Å². The third-order valence-corrected chi connectivity index (χ3v) is 5.93. The highest BCUT2D eigenvalue weighted by molar-refractivity contribution is 5.98. The van der Waals surface area contributed by atoms with Crippen LogP contribution in [0.15, 0.2) is 79.0 Å². The Balaban J connectivity index is 1.48. The Bertz CT molecular complexity index is 1380. The molecule has 0 bridgehead atoms. The van der Waals surface area contributed by atoms with Gasteiger partial charge in [0.15, 0.2) is 0 Å². The first-order chi connectivity index (χ1) is 16.1. The topological polar surface area (TPSA) is 80.9 Å². The van der Waals surface area contributed by atoms with Crippen molar-refractivity contribution in [3.63, 3.8) is 0 Å². The third-order valence-electron chi connectivity index (χ3n) is 5.93. The molecule has 0 spiro atoms. The summed E-state index contributed by atoms with van der Waals surface area (Å²) in [6, 6.07) is 24.9. The minimum absolute atomic E-state index is 0.472. The van der Waals surface area contributed by atoms with Crippen LogP contribution >= 0.6 is 0 Å². The lowest BCUT2D eigenvalue weighted by atomic mass is 10.1. The number of aromatic amines is 1. The molecule has 2 aromatic heterocycles. The normalized spacial score (nSPS) is 11.1. The Morgan fingerprint density at radius 1 is 1.00 bits per heavy atom. The first-order valence-electron chi connectivity index (χ1n) is 11.0. The van der Waals surface area contributed by atoms with Gasteiger partial charge in [0.25, 0.3) is 0 Å². The van der Waals surface area contributed by atoms with E-state index in [9.17, 15) is 0 Å². The van der Waals surface area contributed by atoms with Gasteiger partial charge in [0, 0.05) is 29.4 Å². The summed E-state index contributed by atoms with van der Waals surface area (Å²) in [4.78, 5) is 3.58. The number of nitrogens with one attached hydrogen (secondary N) is 2. The van der Waals surface area contributed by atoms with Gasteiger partial charge in [-0.1, -0.05) is 48.0 Å². The van der Waals surface area contributed by atoms with Gasteiger partial charge in [-0.25, -0.2) is 4.68 Å². The second kappa shape index (κ2) is 8.84. The standard InChI is InChI=1S/C27H27N5O/c1-18-3-7-20(8-4-18)25-15-23-24(12-9-21(16-28)27(23)31-25)30-26-13-14-29-32(26)17-19-5-10-22(33-2)11-6-19/h3-15,30-31H,16-17,28H2,1-2H3. The number of hydrogen-bond acceptors (Lipinski definition) is 4. The van der Waals surface area contributed by atoms with Crippen molar-refractivity contribution in [2.45, 2.75) is 20.0 Å². The van der Waals surface area contributed by atoms with Gasteiger partial charge in [-0.05, 0) is 47.9 Å². The molecule has 2 heterocycles. The van der Waals surface area contributed by atoms with E-state index >= 15 is 0 Å². The number of ether oxygens (including phenoxy) is 1. The highest BCUT2D eigenvalue weighted by Crippen LogP contribution is 2.33. The molecule has 0 amide bonds. The molecule has 0 saturated heterocycles. The molecule has 0 aliphatic rings. The lowest BCUT2D eigenvalue weighted by Gasteiger charge is -2.12. The summed E-state index contributed by atoms with van der Waals surface area (Å²) >= 11 is 0. The summed E-state index contributed by atoms with van der Waals surface area (Å²) in [6.07, 6.45) is 1.81. The van der Waals surface area contributed by atoms with Crippen LogP contribution in [-0.4, -0.2) is 21.9 Å². The fourth-order valence-corrected chi connectivity index (χ4v) is 4.05. The van der Waals surface area contributed by atoms with Crippen LogP contribution in [0.25, 0.3) is 22.2 Å². The molecule has 0 atom stereocenters. The molecule has 0 aliphatic carbocycles. The van der Waals surface area contributed by atoms with E-state index in [4.69, 9.17) is 10.5 Å². The molecule has 0 fully saturated rings. The van der Waals surface area contributed by atoms with Gasteiger partial charge < -0.3 is 20.8 Å². The van der Waals surface area contributed by atoms with Crippen molar-refractivity contribution in [3.8, 4) is 17.0 Å². The smallest absolute Gasteiger partial charge is 0.129 e. The zero-order chi connectivity index (χ0) is 22.8. The molecular weight excluding hydrogens is 410 g/mol. The number of rotatable bonds is 7. The van der Waals surface area contributed by atoms with Gasteiger partial charge in [-0.3, -0.25) is 0 Å². The van der Waals surface area contributed by atoms with Crippen LogP contribution in [0.4, 0.5) is 11.5 Å². The number of anilines is 2. The van der Waals surface area contributed by atoms with E-state index in [1.807, 2.05) is 29.1 Å². The quantitative estimate of drug-likeness (QED) is 0.310. The van der Waals surface area contributed by atoms with E-state index < -0.39 is 0 Å². The molecule has 0 aliphatic heterocycles. The number of benzene rings is 3. The average Bonchev–Trinajstić information content (AvgIpc) is 3.48. The number of aryl methyl sites for hydroxylation is 1. The summed E-state index contributed by atoms with van der Waals surface area (Å²) in [5.74, 6) is 1.77. The number of aromatic nitrogens is 3. The lowest BCUT2D eigenvalue weighted by Crippen LogP contribution is -2.06. The number of methoxy groups -OCH3 is 1. The first kappa shape index (κ1) is 20.8. The van der Waals surface area contributed by atoms with Crippen molar-refractivity contribution in [2.75, 3.05) is 12.4 Å². The number of fused-ring (bicyclic) bond motifs is 1. The van der Waals surface area contributed by atoms with E-state index in [1.54, 1.807) is 7.11 Å². The first-order valence-corrected chi connectivity index (χ1v) is 11.0. The largest absolute Gasteiger partial charge is 0.497 e. The predicted molar refractivity (Wildman–Crippen MR) is 134 cm³/mol. The monoisotopic (exact) mass is 437 g/mol. The summed E-state index contributed by atoms with van der Waals surface area (Å²) < 4.78 is 7.22. The SMILES string of the molecule is COc1ccc(Cn2nccc2Nc2ccc(CN)c3[nH]c(-c4ccc(C)cc4)cc23)cc1. The van der Waals surface area contributed by atoms with Crippen LogP contribution in [-0.2, 0) is 13.1 Å². The summed E-state index contributed by atoms with van der Waals surface area (Å²) in [7, 11) is 1.67. The fourth-order valence-electron chi connectivity index (χ4n) is 4.05. The van der Waals surface area contributed by atoms with E-state index in [2.05, 4.69) is 76.9 Å². The van der Waals surface area contributed by atoms with Crippen LogP contribution in [0.5, 0.6) is 5.75 Å². The second-order valence-corrected chi connectivity index (χ2v) is 8.16.